The molecule has 1 unspecified atom stereocenters. The second kappa shape index (κ2) is 8.55. The van der Waals surface area contributed by atoms with Gasteiger partial charge >= 0.3 is 0 Å². The Morgan fingerprint density at radius 3 is 2.56 bits per heavy atom. The molecule has 0 bridgehead atoms. The number of oxime groups is 1. The molecule has 6 heteroatoms. The van der Waals surface area contributed by atoms with Gasteiger partial charge in [0.25, 0.3) is 0 Å². The molecule has 2 rings (SSSR count). The Bertz CT molecular complexity index is 658. The number of nitrogens with two attached hydrogens (primary N) is 1. The van der Waals surface area contributed by atoms with Crippen molar-refractivity contribution in [2.24, 2.45) is 10.9 Å². The highest BCUT2D eigenvalue weighted by molar-refractivity contribution is 5.83. The van der Waals surface area contributed by atoms with Crippen molar-refractivity contribution in [1.82, 2.24) is 9.55 Å². The minimum absolute atomic E-state index is 0.0833. The third kappa shape index (κ3) is 5.81. The molecule has 0 aliphatic heterocycles. The minimum atomic E-state index is -0.0833. The summed E-state index contributed by atoms with van der Waals surface area (Å²) in [6.45, 7) is 9.55. The van der Waals surface area contributed by atoms with Crippen LogP contribution in [0.15, 0.2) is 48.1 Å². The van der Waals surface area contributed by atoms with E-state index in [0.29, 0.717) is 19.0 Å². The van der Waals surface area contributed by atoms with Crippen molar-refractivity contribution in [2.75, 3.05) is 13.2 Å². The number of ether oxygens (including phenoxy) is 1. The van der Waals surface area contributed by atoms with Gasteiger partial charge in [-0.15, -0.1) is 0 Å². The monoisotopic (exact) mass is 344 g/mol. The SMILES string of the molecule is CC(/C(N)=N/OCCCOc1ccc(C(C)(C)C)cc1)n1ccnc1. The fourth-order valence-corrected chi connectivity index (χ4v) is 2.21. The maximum atomic E-state index is 5.91. The molecule has 2 N–H and O–H groups in total. The molecule has 0 amide bonds. The molecular weight excluding hydrogens is 316 g/mol. The van der Waals surface area contributed by atoms with Gasteiger partial charge in [0, 0.05) is 18.8 Å². The van der Waals surface area contributed by atoms with E-state index in [1.807, 2.05) is 29.8 Å². The Morgan fingerprint density at radius 2 is 1.96 bits per heavy atom. The number of nitrogens with zero attached hydrogens (tertiary/aromatic N) is 3. The van der Waals surface area contributed by atoms with E-state index in [1.54, 1.807) is 12.5 Å². The maximum Gasteiger partial charge on any atom is 0.162 e. The first kappa shape index (κ1) is 18.8. The van der Waals surface area contributed by atoms with E-state index >= 15 is 0 Å². The molecule has 0 fully saturated rings. The molecule has 0 aliphatic rings. The summed E-state index contributed by atoms with van der Waals surface area (Å²) in [5, 5.41) is 3.95. The first-order valence-electron chi connectivity index (χ1n) is 8.54. The van der Waals surface area contributed by atoms with E-state index in [-0.39, 0.29) is 11.5 Å². The van der Waals surface area contributed by atoms with Crippen LogP contribution in [-0.4, -0.2) is 28.6 Å². The van der Waals surface area contributed by atoms with Gasteiger partial charge in [0.2, 0.25) is 0 Å². The lowest BCUT2D eigenvalue weighted by Crippen LogP contribution is -2.24. The van der Waals surface area contributed by atoms with Crippen molar-refractivity contribution < 1.29 is 9.57 Å². The average molecular weight is 344 g/mol. The fourth-order valence-electron chi connectivity index (χ4n) is 2.21. The van der Waals surface area contributed by atoms with Gasteiger partial charge in [-0.05, 0) is 30.0 Å². The molecule has 6 nitrogen and oxygen atoms in total. The summed E-state index contributed by atoms with van der Waals surface area (Å²) in [7, 11) is 0. The summed E-state index contributed by atoms with van der Waals surface area (Å²) in [4.78, 5) is 9.25. The largest absolute Gasteiger partial charge is 0.493 e. The summed E-state index contributed by atoms with van der Waals surface area (Å²) >= 11 is 0. The van der Waals surface area contributed by atoms with Crippen LogP contribution in [0.4, 0.5) is 0 Å². The van der Waals surface area contributed by atoms with Crippen LogP contribution in [0.25, 0.3) is 0 Å². The highest BCUT2D eigenvalue weighted by Gasteiger charge is 2.13. The van der Waals surface area contributed by atoms with Crippen molar-refractivity contribution >= 4 is 5.84 Å². The third-order valence-electron chi connectivity index (χ3n) is 3.94. The minimum Gasteiger partial charge on any atom is -0.493 e. The first-order chi connectivity index (χ1) is 11.9. The van der Waals surface area contributed by atoms with Gasteiger partial charge in [0.05, 0.1) is 19.0 Å². The number of rotatable bonds is 8. The summed E-state index contributed by atoms with van der Waals surface area (Å²) < 4.78 is 7.58. The number of amidine groups is 1. The van der Waals surface area contributed by atoms with E-state index < -0.39 is 0 Å². The van der Waals surface area contributed by atoms with E-state index in [0.717, 1.165) is 12.2 Å². The second-order valence-electron chi connectivity index (χ2n) is 7.01. The Labute approximate surface area is 149 Å². The van der Waals surface area contributed by atoms with E-state index in [9.17, 15) is 0 Å². The Hall–Kier alpha value is -2.50. The van der Waals surface area contributed by atoms with E-state index in [1.165, 1.54) is 5.56 Å². The molecule has 2 aromatic rings. The van der Waals surface area contributed by atoms with Crippen LogP contribution in [0.1, 0.15) is 45.7 Å². The molecule has 0 aliphatic carbocycles. The number of hydrogen-bond acceptors (Lipinski definition) is 4. The summed E-state index contributed by atoms with van der Waals surface area (Å²) in [5.74, 6) is 1.28. The Balaban J connectivity index is 1.67. The van der Waals surface area contributed by atoms with Crippen LogP contribution in [0.3, 0.4) is 0 Å². The molecule has 0 saturated heterocycles. The quantitative estimate of drug-likeness (QED) is 0.344. The van der Waals surface area contributed by atoms with Gasteiger partial charge in [-0.25, -0.2) is 4.98 Å². The molecule has 0 spiro atoms. The predicted molar refractivity (Wildman–Crippen MR) is 99.8 cm³/mol. The molecule has 1 atom stereocenters. The third-order valence-corrected chi connectivity index (χ3v) is 3.94. The van der Waals surface area contributed by atoms with E-state index in [2.05, 4.69) is 43.0 Å². The molecule has 1 aromatic carbocycles. The van der Waals surface area contributed by atoms with Gasteiger partial charge in [-0.2, -0.15) is 0 Å². The zero-order valence-electron chi connectivity index (χ0n) is 15.5. The van der Waals surface area contributed by atoms with Gasteiger partial charge < -0.3 is 19.9 Å². The highest BCUT2D eigenvalue weighted by Crippen LogP contribution is 2.24. The van der Waals surface area contributed by atoms with Crippen LogP contribution in [0.5, 0.6) is 5.75 Å². The molecule has 0 saturated carbocycles. The molecule has 0 radical (unpaired) electrons. The fraction of sp³-hybridized carbons (Fsp3) is 0.474. The average Bonchev–Trinajstić information content (AvgIpc) is 3.11. The molecule has 1 heterocycles. The van der Waals surface area contributed by atoms with Crippen LogP contribution < -0.4 is 10.5 Å². The summed E-state index contributed by atoms with van der Waals surface area (Å²) in [6, 6.07) is 8.14. The van der Waals surface area contributed by atoms with Crippen LogP contribution in [0, 0.1) is 0 Å². The van der Waals surface area contributed by atoms with Gasteiger partial charge in [0.15, 0.2) is 5.84 Å². The highest BCUT2D eigenvalue weighted by atomic mass is 16.6. The molecule has 25 heavy (non-hydrogen) atoms. The van der Waals surface area contributed by atoms with Crippen LogP contribution in [0.2, 0.25) is 0 Å². The smallest absolute Gasteiger partial charge is 0.162 e. The standard InChI is InChI=1S/C19H28N4O2/c1-15(23-11-10-21-14-23)18(20)22-25-13-5-12-24-17-8-6-16(7-9-17)19(2,3)4/h6-11,14-15H,5,12-13H2,1-4H3,(H2,20,22). The number of imidazole rings is 1. The lowest BCUT2D eigenvalue weighted by molar-refractivity contribution is 0.126. The number of aromatic nitrogens is 2. The van der Waals surface area contributed by atoms with Gasteiger partial charge in [-0.1, -0.05) is 38.1 Å². The molecular formula is C19H28N4O2. The lowest BCUT2D eigenvalue weighted by Gasteiger charge is -2.19. The van der Waals surface area contributed by atoms with Gasteiger partial charge in [-0.3, -0.25) is 0 Å². The van der Waals surface area contributed by atoms with E-state index in [4.69, 9.17) is 15.3 Å². The van der Waals surface area contributed by atoms with Crippen molar-refractivity contribution in [3.05, 3.63) is 48.5 Å². The van der Waals surface area contributed by atoms with Crippen molar-refractivity contribution in [3.8, 4) is 5.75 Å². The Kier molecular flexibility index (Phi) is 6.44. The van der Waals surface area contributed by atoms with Crippen LogP contribution in [-0.2, 0) is 10.3 Å². The maximum absolute atomic E-state index is 5.91. The molecule has 1 aromatic heterocycles. The topological polar surface area (TPSA) is 74.7 Å². The lowest BCUT2D eigenvalue weighted by atomic mass is 9.87. The zero-order chi connectivity index (χ0) is 18.3. The van der Waals surface area contributed by atoms with Crippen LogP contribution >= 0.6 is 0 Å². The van der Waals surface area contributed by atoms with Gasteiger partial charge in [0.1, 0.15) is 12.4 Å². The number of benzene rings is 1. The Morgan fingerprint density at radius 1 is 1.24 bits per heavy atom. The van der Waals surface area contributed by atoms with Crippen molar-refractivity contribution in [1.29, 1.82) is 0 Å². The second-order valence-corrected chi connectivity index (χ2v) is 7.01. The zero-order valence-corrected chi connectivity index (χ0v) is 15.5. The molecule has 136 valence electrons. The summed E-state index contributed by atoms with van der Waals surface area (Å²) in [5.41, 5.74) is 7.35. The summed E-state index contributed by atoms with van der Waals surface area (Å²) in [6.07, 6.45) is 5.98. The number of hydrogen-bond donors (Lipinski definition) is 1. The predicted octanol–water partition coefficient (Wildman–Crippen LogP) is 3.50. The van der Waals surface area contributed by atoms with Crippen molar-refractivity contribution in [2.45, 2.75) is 45.6 Å². The first-order valence-corrected chi connectivity index (χ1v) is 8.54. The van der Waals surface area contributed by atoms with Crippen molar-refractivity contribution in [3.63, 3.8) is 0 Å². The normalized spacial score (nSPS) is 13.5.